The molecule has 0 aliphatic carbocycles. The van der Waals surface area contributed by atoms with E-state index in [1.807, 2.05) is 5.43 Å². The number of ether oxygens (including phenoxy) is 2. The number of rotatable bonds is 5. The quantitative estimate of drug-likeness (QED) is 0.459. The van der Waals surface area contributed by atoms with Crippen LogP contribution in [0.25, 0.3) is 0 Å². The number of urea groups is 1. The van der Waals surface area contributed by atoms with E-state index in [9.17, 15) is 14.9 Å². The molecule has 2 amide bonds. The van der Waals surface area contributed by atoms with Crippen molar-refractivity contribution >= 4 is 17.9 Å². The zero-order valence-electron chi connectivity index (χ0n) is 10.2. The lowest BCUT2D eigenvalue weighted by Crippen LogP contribution is -2.24. The second kappa shape index (κ2) is 6.19. The number of nitrogens with two attached hydrogens (primary N) is 1. The third kappa shape index (κ3) is 3.56. The molecule has 1 aromatic carbocycles. The molecule has 3 N–H and O–H groups in total. The second-order valence-electron chi connectivity index (χ2n) is 3.26. The number of hydrazone groups is 1. The molecule has 1 rings (SSSR count). The van der Waals surface area contributed by atoms with Crippen LogP contribution in [-0.2, 0) is 0 Å². The number of hydrogen-bond donors (Lipinski definition) is 2. The Labute approximate surface area is 108 Å². The topological polar surface area (TPSA) is 129 Å². The van der Waals surface area contributed by atoms with Crippen molar-refractivity contribution < 1.29 is 19.2 Å². The Bertz CT molecular complexity index is 529. The van der Waals surface area contributed by atoms with E-state index in [0.29, 0.717) is 5.75 Å². The van der Waals surface area contributed by atoms with E-state index in [1.54, 1.807) is 0 Å². The number of carbonyl (C=O) groups is 1. The maximum atomic E-state index is 10.9. The first-order valence-corrected chi connectivity index (χ1v) is 4.98. The summed E-state index contributed by atoms with van der Waals surface area (Å²) >= 11 is 0. The molecule has 0 spiro atoms. The molecule has 0 saturated carbocycles. The molecular weight excluding hydrogens is 256 g/mol. The van der Waals surface area contributed by atoms with Gasteiger partial charge in [0.2, 0.25) is 0 Å². The molecule has 9 nitrogen and oxygen atoms in total. The van der Waals surface area contributed by atoms with E-state index < -0.39 is 11.0 Å². The summed E-state index contributed by atoms with van der Waals surface area (Å²) in [6.45, 7) is 0. The van der Waals surface area contributed by atoms with Crippen molar-refractivity contribution in [3.8, 4) is 11.5 Å². The zero-order valence-corrected chi connectivity index (χ0v) is 10.2. The van der Waals surface area contributed by atoms with E-state index in [4.69, 9.17) is 15.2 Å². The van der Waals surface area contributed by atoms with E-state index in [0.717, 1.165) is 6.21 Å². The molecule has 0 atom stereocenters. The van der Waals surface area contributed by atoms with Crippen molar-refractivity contribution in [2.24, 2.45) is 10.8 Å². The number of hydrogen-bond acceptors (Lipinski definition) is 6. The number of amides is 2. The fourth-order valence-electron chi connectivity index (χ4n) is 1.31. The van der Waals surface area contributed by atoms with Gasteiger partial charge in [-0.25, -0.2) is 10.2 Å². The lowest BCUT2D eigenvalue weighted by atomic mass is 10.1. The molecule has 0 heterocycles. The summed E-state index contributed by atoms with van der Waals surface area (Å²) in [5, 5.41) is 14.4. The number of nitro groups is 1. The van der Waals surface area contributed by atoms with Gasteiger partial charge in [0.25, 0.3) is 5.69 Å². The Morgan fingerprint density at radius 3 is 2.47 bits per heavy atom. The average Bonchev–Trinajstić information content (AvgIpc) is 2.37. The number of nitrogens with zero attached hydrogens (tertiary/aromatic N) is 2. The molecule has 0 radical (unpaired) electrons. The minimum Gasteiger partial charge on any atom is -0.493 e. The Morgan fingerprint density at radius 2 is 2.00 bits per heavy atom. The van der Waals surface area contributed by atoms with Gasteiger partial charge >= 0.3 is 6.03 Å². The lowest BCUT2D eigenvalue weighted by molar-refractivity contribution is -0.385. The molecule has 0 saturated heterocycles. The summed E-state index contributed by atoms with van der Waals surface area (Å²) in [7, 11) is 2.76. The van der Waals surface area contributed by atoms with Crippen molar-refractivity contribution in [3.05, 3.63) is 27.8 Å². The van der Waals surface area contributed by atoms with E-state index in [1.165, 1.54) is 26.4 Å². The summed E-state index contributed by atoms with van der Waals surface area (Å²) in [6.07, 6.45) is 1.09. The standard InChI is InChI=1S/C10H12N4O5/c1-18-8-3-6(5-12-13-10(11)15)7(14(16)17)4-9(8)19-2/h3-5H,1-2H3,(H3,11,13,15)/b12-5-. The fraction of sp³-hybridized carbons (Fsp3) is 0.200. The van der Waals surface area contributed by atoms with Crippen LogP contribution in [-0.4, -0.2) is 31.4 Å². The SMILES string of the molecule is COc1cc(/C=N\NC(N)=O)c([N+](=O)[O-])cc1OC. The van der Waals surface area contributed by atoms with Crippen LogP contribution >= 0.6 is 0 Å². The number of nitrogens with one attached hydrogen (secondary N) is 1. The molecule has 1 aromatic rings. The number of carbonyl (C=O) groups excluding carboxylic acids is 1. The molecule has 0 unspecified atom stereocenters. The first kappa shape index (κ1) is 14.2. The Morgan fingerprint density at radius 1 is 1.42 bits per heavy atom. The smallest absolute Gasteiger partial charge is 0.332 e. The van der Waals surface area contributed by atoms with Gasteiger partial charge in [0, 0.05) is 0 Å². The van der Waals surface area contributed by atoms with Crippen LogP contribution in [0.2, 0.25) is 0 Å². The first-order chi connectivity index (χ1) is 8.99. The third-order valence-electron chi connectivity index (χ3n) is 2.11. The van der Waals surface area contributed by atoms with Crippen LogP contribution < -0.4 is 20.6 Å². The third-order valence-corrected chi connectivity index (χ3v) is 2.11. The Hall–Kier alpha value is -2.84. The van der Waals surface area contributed by atoms with Crippen molar-refractivity contribution in [2.75, 3.05) is 14.2 Å². The molecule has 0 bridgehead atoms. The molecule has 0 fully saturated rings. The number of nitro benzene ring substituents is 1. The summed E-state index contributed by atoms with van der Waals surface area (Å²) in [5.41, 5.74) is 6.65. The summed E-state index contributed by atoms with van der Waals surface area (Å²) < 4.78 is 9.98. The largest absolute Gasteiger partial charge is 0.493 e. The minimum absolute atomic E-state index is 0.136. The van der Waals surface area contributed by atoms with Crippen molar-refractivity contribution in [3.63, 3.8) is 0 Å². The van der Waals surface area contributed by atoms with Gasteiger partial charge in [0.15, 0.2) is 11.5 Å². The van der Waals surface area contributed by atoms with Crippen LogP contribution in [0.4, 0.5) is 10.5 Å². The van der Waals surface area contributed by atoms with Crippen LogP contribution in [0.5, 0.6) is 11.5 Å². The van der Waals surface area contributed by atoms with Gasteiger partial charge in [-0.15, -0.1) is 0 Å². The summed E-state index contributed by atoms with van der Waals surface area (Å²) in [6, 6.07) is 1.69. The maximum absolute atomic E-state index is 10.9. The summed E-state index contributed by atoms with van der Waals surface area (Å²) in [5.74, 6) is 0.517. The van der Waals surface area contributed by atoms with Gasteiger partial charge in [-0.3, -0.25) is 10.1 Å². The number of benzene rings is 1. The predicted octanol–water partition coefficient (Wildman–Crippen LogP) is 0.614. The zero-order chi connectivity index (χ0) is 14.4. The van der Waals surface area contributed by atoms with Gasteiger partial charge < -0.3 is 15.2 Å². The Balaban J connectivity index is 3.23. The lowest BCUT2D eigenvalue weighted by Gasteiger charge is -2.08. The normalized spacial score (nSPS) is 10.2. The average molecular weight is 268 g/mol. The predicted molar refractivity (Wildman–Crippen MR) is 66.5 cm³/mol. The van der Waals surface area contributed by atoms with E-state index in [2.05, 4.69) is 5.10 Å². The monoisotopic (exact) mass is 268 g/mol. The number of methoxy groups -OCH3 is 2. The molecule has 102 valence electrons. The van der Waals surface area contributed by atoms with Gasteiger partial charge in [-0.2, -0.15) is 5.10 Å². The van der Waals surface area contributed by atoms with Gasteiger partial charge in [0.1, 0.15) is 0 Å². The van der Waals surface area contributed by atoms with Gasteiger partial charge in [-0.1, -0.05) is 0 Å². The summed E-state index contributed by atoms with van der Waals surface area (Å²) in [4.78, 5) is 20.8. The van der Waals surface area contributed by atoms with Crippen molar-refractivity contribution in [1.29, 1.82) is 0 Å². The van der Waals surface area contributed by atoms with Crippen molar-refractivity contribution in [1.82, 2.24) is 5.43 Å². The number of primary amides is 1. The van der Waals surface area contributed by atoms with Gasteiger partial charge in [-0.05, 0) is 6.07 Å². The molecule has 19 heavy (non-hydrogen) atoms. The highest BCUT2D eigenvalue weighted by Crippen LogP contribution is 2.33. The molecule has 9 heteroatoms. The minimum atomic E-state index is -0.876. The maximum Gasteiger partial charge on any atom is 0.332 e. The van der Waals surface area contributed by atoms with Crippen LogP contribution in [0, 0.1) is 10.1 Å². The molecular formula is C10H12N4O5. The van der Waals surface area contributed by atoms with Crippen LogP contribution in [0.1, 0.15) is 5.56 Å². The van der Waals surface area contributed by atoms with Gasteiger partial charge in [0.05, 0.1) is 37.0 Å². The highest BCUT2D eigenvalue weighted by molar-refractivity contribution is 5.87. The van der Waals surface area contributed by atoms with Crippen molar-refractivity contribution in [2.45, 2.75) is 0 Å². The molecule has 0 aromatic heterocycles. The molecule has 0 aliphatic heterocycles. The van der Waals surface area contributed by atoms with Crippen LogP contribution in [0.3, 0.4) is 0 Å². The first-order valence-electron chi connectivity index (χ1n) is 4.98. The highest BCUT2D eigenvalue weighted by Gasteiger charge is 2.18. The van der Waals surface area contributed by atoms with E-state index >= 15 is 0 Å². The van der Waals surface area contributed by atoms with E-state index in [-0.39, 0.29) is 17.0 Å². The molecule has 0 aliphatic rings. The fourth-order valence-corrected chi connectivity index (χ4v) is 1.31. The highest BCUT2D eigenvalue weighted by atomic mass is 16.6. The second-order valence-corrected chi connectivity index (χ2v) is 3.26. The van der Waals surface area contributed by atoms with Crippen LogP contribution in [0.15, 0.2) is 17.2 Å². The Kier molecular flexibility index (Phi) is 4.63.